The molecule has 1 aromatic carbocycles. The second kappa shape index (κ2) is 5.62. The zero-order valence-electron chi connectivity index (χ0n) is 10.4. The Morgan fingerprint density at radius 1 is 1.24 bits per heavy atom. The SMILES string of the molecule is Nc1nc(Nc2cccc(Cl)c2Br)nc(-n2cncn2)n1. The van der Waals surface area contributed by atoms with E-state index in [0.29, 0.717) is 15.2 Å². The predicted molar refractivity (Wildman–Crippen MR) is 81.6 cm³/mol. The van der Waals surface area contributed by atoms with Crippen molar-refractivity contribution in [3.05, 3.63) is 40.3 Å². The van der Waals surface area contributed by atoms with E-state index in [0.717, 1.165) is 0 Å². The monoisotopic (exact) mass is 366 g/mol. The molecule has 0 unspecified atom stereocenters. The van der Waals surface area contributed by atoms with Gasteiger partial charge in [0, 0.05) is 0 Å². The fourth-order valence-corrected chi connectivity index (χ4v) is 2.11. The van der Waals surface area contributed by atoms with Gasteiger partial charge in [-0.15, -0.1) is 0 Å². The van der Waals surface area contributed by atoms with E-state index in [-0.39, 0.29) is 17.8 Å². The molecule has 0 radical (unpaired) electrons. The standard InChI is InChI=1S/C11H8BrClN8/c12-8-6(13)2-1-3-7(8)17-10-18-9(14)19-11(20-10)21-5-15-4-16-21/h1-5H,(H3,14,17,18,19,20). The zero-order valence-corrected chi connectivity index (χ0v) is 12.7. The maximum absolute atomic E-state index is 6.04. The molecule has 106 valence electrons. The van der Waals surface area contributed by atoms with Crippen LogP contribution >= 0.6 is 27.5 Å². The third kappa shape index (κ3) is 2.93. The van der Waals surface area contributed by atoms with Crippen molar-refractivity contribution in [2.75, 3.05) is 11.1 Å². The number of nitrogen functional groups attached to an aromatic ring is 1. The summed E-state index contributed by atoms with van der Waals surface area (Å²) in [5, 5.41) is 7.54. The average molecular weight is 368 g/mol. The number of aromatic nitrogens is 6. The van der Waals surface area contributed by atoms with E-state index in [1.54, 1.807) is 12.1 Å². The van der Waals surface area contributed by atoms with Crippen LogP contribution in [-0.2, 0) is 0 Å². The molecule has 8 nitrogen and oxygen atoms in total. The highest BCUT2D eigenvalue weighted by Gasteiger charge is 2.09. The molecule has 3 N–H and O–H groups in total. The summed E-state index contributed by atoms with van der Waals surface area (Å²) in [5.74, 6) is 0.604. The van der Waals surface area contributed by atoms with Crippen LogP contribution in [0.15, 0.2) is 35.3 Å². The molecule has 10 heteroatoms. The number of nitrogens with one attached hydrogen (secondary N) is 1. The quantitative estimate of drug-likeness (QED) is 0.730. The second-order valence-electron chi connectivity index (χ2n) is 3.88. The lowest BCUT2D eigenvalue weighted by molar-refractivity contribution is 0.800. The summed E-state index contributed by atoms with van der Waals surface area (Å²) in [5.41, 5.74) is 6.39. The molecule has 0 aliphatic heterocycles. The minimum Gasteiger partial charge on any atom is -0.368 e. The van der Waals surface area contributed by atoms with Crippen molar-refractivity contribution in [1.29, 1.82) is 0 Å². The first-order chi connectivity index (χ1) is 10.1. The summed E-state index contributed by atoms with van der Waals surface area (Å²) in [4.78, 5) is 16.1. The second-order valence-corrected chi connectivity index (χ2v) is 5.08. The number of nitrogens with two attached hydrogens (primary N) is 1. The highest BCUT2D eigenvalue weighted by molar-refractivity contribution is 9.10. The minimum atomic E-state index is 0.0659. The summed E-state index contributed by atoms with van der Waals surface area (Å²) in [6.07, 6.45) is 2.84. The Kier molecular flexibility index (Phi) is 3.67. The van der Waals surface area contributed by atoms with Crippen LogP contribution in [0.4, 0.5) is 17.6 Å². The van der Waals surface area contributed by atoms with Crippen molar-refractivity contribution in [2.24, 2.45) is 0 Å². The maximum Gasteiger partial charge on any atom is 0.258 e. The van der Waals surface area contributed by atoms with Crippen LogP contribution in [0, 0.1) is 0 Å². The molecule has 3 rings (SSSR count). The highest BCUT2D eigenvalue weighted by atomic mass is 79.9. The molecule has 0 aliphatic carbocycles. The van der Waals surface area contributed by atoms with Crippen LogP contribution in [0.3, 0.4) is 0 Å². The van der Waals surface area contributed by atoms with Crippen LogP contribution < -0.4 is 11.1 Å². The molecule has 3 aromatic rings. The van der Waals surface area contributed by atoms with Gasteiger partial charge in [0.05, 0.1) is 15.2 Å². The molecule has 0 amide bonds. The van der Waals surface area contributed by atoms with Crippen molar-refractivity contribution >= 4 is 45.1 Å². The Bertz CT molecular complexity index is 776. The zero-order chi connectivity index (χ0) is 14.8. The Hall–Kier alpha value is -2.26. The van der Waals surface area contributed by atoms with Gasteiger partial charge in [-0.2, -0.15) is 24.7 Å². The number of benzene rings is 1. The fourth-order valence-electron chi connectivity index (χ4n) is 1.57. The number of nitrogens with zero attached hydrogens (tertiary/aromatic N) is 6. The summed E-state index contributed by atoms with van der Waals surface area (Å²) in [6, 6.07) is 5.39. The van der Waals surface area contributed by atoms with E-state index >= 15 is 0 Å². The normalized spacial score (nSPS) is 10.6. The van der Waals surface area contributed by atoms with Crippen molar-refractivity contribution < 1.29 is 0 Å². The number of hydrogen-bond donors (Lipinski definition) is 2. The van der Waals surface area contributed by atoms with Crippen LogP contribution in [0.5, 0.6) is 0 Å². The van der Waals surface area contributed by atoms with Gasteiger partial charge in [0.25, 0.3) is 5.95 Å². The number of halogens is 2. The lowest BCUT2D eigenvalue weighted by atomic mass is 10.3. The molecular weight excluding hydrogens is 360 g/mol. The van der Waals surface area contributed by atoms with Gasteiger partial charge in [0.1, 0.15) is 12.7 Å². The first-order valence-corrected chi connectivity index (χ1v) is 6.88. The van der Waals surface area contributed by atoms with Gasteiger partial charge in [-0.05, 0) is 28.1 Å². The van der Waals surface area contributed by atoms with E-state index in [9.17, 15) is 0 Å². The van der Waals surface area contributed by atoms with Gasteiger partial charge in [0.15, 0.2) is 0 Å². The van der Waals surface area contributed by atoms with Crippen LogP contribution in [0.1, 0.15) is 0 Å². The lowest BCUT2D eigenvalue weighted by Gasteiger charge is -2.09. The molecule has 21 heavy (non-hydrogen) atoms. The molecule has 0 saturated carbocycles. The van der Waals surface area contributed by atoms with E-state index in [1.165, 1.54) is 17.3 Å². The molecule has 0 saturated heterocycles. The molecule has 0 bridgehead atoms. The predicted octanol–water partition coefficient (Wildman–Crippen LogP) is 2.19. The Morgan fingerprint density at radius 3 is 2.86 bits per heavy atom. The highest BCUT2D eigenvalue weighted by Crippen LogP contribution is 2.31. The van der Waals surface area contributed by atoms with Crippen molar-refractivity contribution in [2.45, 2.75) is 0 Å². The van der Waals surface area contributed by atoms with Gasteiger partial charge in [-0.3, -0.25) is 0 Å². The topological polar surface area (TPSA) is 107 Å². The number of rotatable bonds is 3. The first-order valence-electron chi connectivity index (χ1n) is 5.71. The van der Waals surface area contributed by atoms with Crippen molar-refractivity contribution in [1.82, 2.24) is 29.7 Å². The minimum absolute atomic E-state index is 0.0659. The van der Waals surface area contributed by atoms with Gasteiger partial charge in [-0.1, -0.05) is 17.7 Å². The fraction of sp³-hybridized carbons (Fsp3) is 0. The third-order valence-electron chi connectivity index (χ3n) is 2.46. The Balaban J connectivity index is 1.98. The maximum atomic E-state index is 6.04. The summed E-state index contributed by atoms with van der Waals surface area (Å²) in [6.45, 7) is 0. The van der Waals surface area contributed by atoms with Crippen LogP contribution in [-0.4, -0.2) is 29.7 Å². The van der Waals surface area contributed by atoms with Crippen molar-refractivity contribution in [3.8, 4) is 5.95 Å². The Labute approximate surface area is 132 Å². The summed E-state index contributed by atoms with van der Waals surface area (Å²) < 4.78 is 2.09. The van der Waals surface area contributed by atoms with E-state index in [1.807, 2.05) is 6.07 Å². The average Bonchev–Trinajstić information content (AvgIpc) is 2.97. The smallest absolute Gasteiger partial charge is 0.258 e. The van der Waals surface area contributed by atoms with E-state index < -0.39 is 0 Å². The Morgan fingerprint density at radius 2 is 2.10 bits per heavy atom. The molecule has 0 spiro atoms. The summed E-state index contributed by atoms with van der Waals surface area (Å²) in [7, 11) is 0. The molecule has 2 aromatic heterocycles. The van der Waals surface area contributed by atoms with Gasteiger partial charge in [-0.25, -0.2) is 4.98 Å². The third-order valence-corrected chi connectivity index (χ3v) is 3.86. The number of anilines is 3. The van der Waals surface area contributed by atoms with Gasteiger partial charge >= 0.3 is 0 Å². The molecule has 2 heterocycles. The van der Waals surface area contributed by atoms with Gasteiger partial charge < -0.3 is 11.1 Å². The molecular formula is C11H8BrClN8. The van der Waals surface area contributed by atoms with Gasteiger partial charge in [0.2, 0.25) is 11.9 Å². The van der Waals surface area contributed by atoms with Crippen molar-refractivity contribution in [3.63, 3.8) is 0 Å². The van der Waals surface area contributed by atoms with Crippen LogP contribution in [0.2, 0.25) is 5.02 Å². The summed E-state index contributed by atoms with van der Waals surface area (Å²) >= 11 is 9.43. The lowest BCUT2D eigenvalue weighted by Crippen LogP contribution is -2.09. The molecule has 0 fully saturated rings. The van der Waals surface area contributed by atoms with E-state index in [2.05, 4.69) is 46.3 Å². The first kappa shape index (κ1) is 13.7. The van der Waals surface area contributed by atoms with Crippen LogP contribution in [0.25, 0.3) is 5.95 Å². The van der Waals surface area contributed by atoms with E-state index in [4.69, 9.17) is 17.3 Å². The molecule has 0 atom stereocenters. The largest absolute Gasteiger partial charge is 0.368 e. The number of hydrogen-bond acceptors (Lipinski definition) is 7. The molecule has 0 aliphatic rings.